The van der Waals surface area contributed by atoms with Gasteiger partial charge < -0.3 is 9.67 Å². The monoisotopic (exact) mass is 230 g/mol. The first-order valence-corrected chi connectivity index (χ1v) is 6.02. The normalized spacial score (nSPS) is 12.5. The fourth-order valence-electron chi connectivity index (χ4n) is 1.92. The minimum absolute atomic E-state index is 0.249. The molecule has 0 bridgehead atoms. The number of hydrogen-bond donors (Lipinski definition) is 1. The Morgan fingerprint density at radius 2 is 2.06 bits per heavy atom. The van der Waals surface area contributed by atoms with Crippen molar-refractivity contribution in [3.63, 3.8) is 0 Å². The molecule has 17 heavy (non-hydrogen) atoms. The average Bonchev–Trinajstić information content (AvgIpc) is 2.83. The molecule has 1 aromatic carbocycles. The van der Waals surface area contributed by atoms with E-state index in [1.807, 2.05) is 35.3 Å². The van der Waals surface area contributed by atoms with Crippen molar-refractivity contribution in [2.75, 3.05) is 0 Å². The maximum atomic E-state index is 9.91. The zero-order valence-corrected chi connectivity index (χ0v) is 9.87. The maximum Gasteiger partial charge on any atom is 0.0945 e. The second kappa shape index (κ2) is 6.21. The highest BCUT2D eigenvalue weighted by molar-refractivity contribution is 5.15. The summed E-state index contributed by atoms with van der Waals surface area (Å²) in [7, 11) is 0. The molecule has 0 saturated heterocycles. The van der Waals surface area contributed by atoms with Crippen LogP contribution < -0.4 is 0 Å². The van der Waals surface area contributed by atoms with E-state index < -0.39 is 0 Å². The Morgan fingerprint density at radius 1 is 1.24 bits per heavy atom. The largest absolute Gasteiger partial charge is 0.393 e. The molecule has 0 amide bonds. The first-order chi connectivity index (χ1) is 8.34. The van der Waals surface area contributed by atoms with E-state index in [-0.39, 0.29) is 6.10 Å². The molecule has 0 aliphatic rings. The zero-order valence-electron chi connectivity index (χ0n) is 9.87. The maximum absolute atomic E-state index is 9.91. The van der Waals surface area contributed by atoms with Crippen LogP contribution in [-0.2, 0) is 13.0 Å². The topological polar surface area (TPSA) is 38.0 Å². The van der Waals surface area contributed by atoms with Crippen LogP contribution in [0.5, 0.6) is 0 Å². The van der Waals surface area contributed by atoms with E-state index in [1.165, 1.54) is 5.56 Å². The van der Waals surface area contributed by atoms with E-state index >= 15 is 0 Å². The van der Waals surface area contributed by atoms with Gasteiger partial charge in [-0.3, -0.25) is 0 Å². The van der Waals surface area contributed by atoms with Gasteiger partial charge in [-0.15, -0.1) is 0 Å². The molecule has 90 valence electrons. The van der Waals surface area contributed by atoms with E-state index in [9.17, 15) is 5.11 Å². The van der Waals surface area contributed by atoms with Gasteiger partial charge in [-0.2, -0.15) is 0 Å². The van der Waals surface area contributed by atoms with E-state index in [4.69, 9.17) is 0 Å². The second-order valence-electron chi connectivity index (χ2n) is 4.29. The van der Waals surface area contributed by atoms with Crippen LogP contribution in [0.1, 0.15) is 18.4 Å². The van der Waals surface area contributed by atoms with Crippen molar-refractivity contribution < 1.29 is 5.11 Å². The molecule has 1 N–H and O–H groups in total. The Labute approximate surface area is 102 Å². The van der Waals surface area contributed by atoms with Crippen LogP contribution in [0, 0.1) is 0 Å². The van der Waals surface area contributed by atoms with Gasteiger partial charge in [-0.1, -0.05) is 30.3 Å². The molecular weight excluding hydrogens is 212 g/mol. The summed E-state index contributed by atoms with van der Waals surface area (Å²) >= 11 is 0. The van der Waals surface area contributed by atoms with Crippen LogP contribution in [0.15, 0.2) is 49.1 Å². The molecule has 0 spiro atoms. The van der Waals surface area contributed by atoms with Gasteiger partial charge in [0.2, 0.25) is 0 Å². The molecule has 0 aliphatic carbocycles. The van der Waals surface area contributed by atoms with Crippen molar-refractivity contribution in [1.29, 1.82) is 0 Å². The third kappa shape index (κ3) is 4.04. The first kappa shape index (κ1) is 11.9. The van der Waals surface area contributed by atoms with E-state index in [0.29, 0.717) is 0 Å². The highest BCUT2D eigenvalue weighted by atomic mass is 16.3. The van der Waals surface area contributed by atoms with Gasteiger partial charge in [-0.25, -0.2) is 4.98 Å². The number of rotatable bonds is 6. The fourth-order valence-corrected chi connectivity index (χ4v) is 1.92. The number of hydrogen-bond acceptors (Lipinski definition) is 2. The molecule has 2 rings (SSSR count). The highest BCUT2D eigenvalue weighted by Gasteiger charge is 2.05. The van der Waals surface area contributed by atoms with Gasteiger partial charge >= 0.3 is 0 Å². The van der Waals surface area contributed by atoms with Crippen LogP contribution in [0.3, 0.4) is 0 Å². The lowest BCUT2D eigenvalue weighted by atomic mass is 10.0. The number of nitrogens with zero attached hydrogens (tertiary/aromatic N) is 2. The van der Waals surface area contributed by atoms with E-state index in [1.54, 1.807) is 6.20 Å². The number of imidazole rings is 1. The van der Waals surface area contributed by atoms with Gasteiger partial charge in [0, 0.05) is 18.9 Å². The van der Waals surface area contributed by atoms with Gasteiger partial charge in [-0.05, 0) is 24.8 Å². The Balaban J connectivity index is 1.69. The molecule has 1 atom stereocenters. The fraction of sp³-hybridized carbons (Fsp3) is 0.357. The lowest BCUT2D eigenvalue weighted by Gasteiger charge is -2.10. The summed E-state index contributed by atoms with van der Waals surface area (Å²) in [5.41, 5.74) is 1.20. The molecule has 0 fully saturated rings. The molecule has 1 aromatic heterocycles. The average molecular weight is 230 g/mol. The minimum atomic E-state index is -0.249. The summed E-state index contributed by atoms with van der Waals surface area (Å²) in [5, 5.41) is 9.91. The summed E-state index contributed by atoms with van der Waals surface area (Å²) in [5.74, 6) is 0. The van der Waals surface area contributed by atoms with Crippen LogP contribution in [-0.4, -0.2) is 20.8 Å². The predicted molar refractivity (Wildman–Crippen MR) is 67.6 cm³/mol. The zero-order chi connectivity index (χ0) is 11.9. The number of aryl methyl sites for hydroxylation is 1. The van der Waals surface area contributed by atoms with Gasteiger partial charge in [0.1, 0.15) is 0 Å². The van der Waals surface area contributed by atoms with Crippen molar-refractivity contribution >= 4 is 0 Å². The third-order valence-corrected chi connectivity index (χ3v) is 2.83. The summed E-state index contributed by atoms with van der Waals surface area (Å²) in [6.45, 7) is 0.922. The number of benzene rings is 1. The number of aromatic nitrogens is 2. The Bertz CT molecular complexity index is 411. The van der Waals surface area contributed by atoms with Crippen LogP contribution >= 0.6 is 0 Å². The van der Waals surface area contributed by atoms with Gasteiger partial charge in [0.05, 0.1) is 12.4 Å². The van der Waals surface area contributed by atoms with Crippen LogP contribution in [0.2, 0.25) is 0 Å². The lowest BCUT2D eigenvalue weighted by Crippen LogP contribution is -2.11. The lowest BCUT2D eigenvalue weighted by molar-refractivity contribution is 0.160. The Morgan fingerprint density at radius 3 is 2.76 bits per heavy atom. The molecule has 3 heteroatoms. The molecule has 3 nitrogen and oxygen atoms in total. The Kier molecular flexibility index (Phi) is 4.33. The molecule has 0 aliphatic heterocycles. The molecule has 0 radical (unpaired) electrons. The van der Waals surface area contributed by atoms with Crippen molar-refractivity contribution in [1.82, 2.24) is 9.55 Å². The van der Waals surface area contributed by atoms with E-state index in [0.717, 1.165) is 25.8 Å². The molecule has 2 aromatic rings. The summed E-state index contributed by atoms with van der Waals surface area (Å²) in [6.07, 6.45) is 7.83. The number of aliphatic hydroxyl groups excluding tert-OH is 1. The smallest absolute Gasteiger partial charge is 0.0945 e. The predicted octanol–water partition coefficient (Wildman–Crippen LogP) is 2.27. The quantitative estimate of drug-likeness (QED) is 0.826. The standard InChI is InChI=1S/C14H18N2O/c17-14(11-13-5-2-1-3-6-13)7-4-9-16-10-8-15-12-16/h1-3,5-6,8,10,12,14,17H,4,7,9,11H2. The van der Waals surface area contributed by atoms with Crippen molar-refractivity contribution in [3.05, 3.63) is 54.6 Å². The van der Waals surface area contributed by atoms with Gasteiger partial charge in [0.25, 0.3) is 0 Å². The molecule has 0 saturated carbocycles. The van der Waals surface area contributed by atoms with Crippen molar-refractivity contribution in [2.45, 2.75) is 31.9 Å². The first-order valence-electron chi connectivity index (χ1n) is 6.02. The molecule has 1 unspecified atom stereocenters. The third-order valence-electron chi connectivity index (χ3n) is 2.83. The summed E-state index contributed by atoms with van der Waals surface area (Å²) in [4.78, 5) is 3.99. The number of aliphatic hydroxyl groups is 1. The van der Waals surface area contributed by atoms with Crippen molar-refractivity contribution in [3.8, 4) is 0 Å². The summed E-state index contributed by atoms with van der Waals surface area (Å²) in [6, 6.07) is 10.1. The SMILES string of the molecule is OC(CCCn1ccnc1)Cc1ccccc1. The molecular formula is C14H18N2O. The minimum Gasteiger partial charge on any atom is -0.393 e. The van der Waals surface area contributed by atoms with Crippen LogP contribution in [0.4, 0.5) is 0 Å². The molecule has 1 heterocycles. The van der Waals surface area contributed by atoms with Crippen molar-refractivity contribution in [2.24, 2.45) is 0 Å². The Hall–Kier alpha value is -1.61. The summed E-state index contributed by atoms with van der Waals surface area (Å²) < 4.78 is 2.04. The van der Waals surface area contributed by atoms with E-state index in [2.05, 4.69) is 17.1 Å². The van der Waals surface area contributed by atoms with Gasteiger partial charge in [0.15, 0.2) is 0 Å². The second-order valence-corrected chi connectivity index (χ2v) is 4.29. The highest BCUT2D eigenvalue weighted by Crippen LogP contribution is 2.08. The van der Waals surface area contributed by atoms with Crippen LogP contribution in [0.25, 0.3) is 0 Å².